The molecule has 6 N–H and O–H groups in total. The van der Waals surface area contributed by atoms with E-state index in [1.165, 1.54) is 0 Å². The van der Waals surface area contributed by atoms with E-state index in [0.29, 0.717) is 47.3 Å². The quantitative estimate of drug-likeness (QED) is 0.423. The summed E-state index contributed by atoms with van der Waals surface area (Å²) in [6.45, 7) is 3.09. The third-order valence-corrected chi connectivity index (χ3v) is 6.12. The smallest absolute Gasteiger partial charge is 0.228 e. The van der Waals surface area contributed by atoms with E-state index in [9.17, 15) is 10.1 Å². The first-order valence-corrected chi connectivity index (χ1v) is 11.7. The van der Waals surface area contributed by atoms with Crippen molar-refractivity contribution in [1.82, 2.24) is 15.1 Å². The molecular weight excluding hydrogens is 446 g/mol. The first-order chi connectivity index (χ1) is 16.9. The molecule has 35 heavy (non-hydrogen) atoms. The van der Waals surface area contributed by atoms with E-state index in [2.05, 4.69) is 21.8 Å². The standard InChI is InChI=1S/C25H31N7O3/c1-15(27)21(12-23(28)30-25(33)16-6-7-16)29-20-5-3-4-18(24(20)34-2)19-14-32(31-22(19)13-26)17-8-10-35-11-9-17/h3-5,12,14,16-17,29H,6-11,27-28H2,1-2H3,(H,30,33)/b21-15+,23-12+. The van der Waals surface area contributed by atoms with Crippen molar-refractivity contribution < 1.29 is 14.3 Å². The summed E-state index contributed by atoms with van der Waals surface area (Å²) >= 11 is 0. The van der Waals surface area contributed by atoms with E-state index in [4.69, 9.17) is 20.9 Å². The minimum Gasteiger partial charge on any atom is -0.494 e. The number of amides is 1. The Morgan fingerprint density at radius 1 is 1.26 bits per heavy atom. The average Bonchev–Trinajstić information content (AvgIpc) is 3.62. The Morgan fingerprint density at radius 3 is 2.63 bits per heavy atom. The van der Waals surface area contributed by atoms with Crippen molar-refractivity contribution in [2.24, 2.45) is 17.4 Å². The number of para-hydroxylation sites is 1. The monoisotopic (exact) mass is 477 g/mol. The molecule has 1 aliphatic heterocycles. The molecule has 0 unspecified atom stereocenters. The number of carbonyl (C=O) groups is 1. The van der Waals surface area contributed by atoms with Crippen LogP contribution in [0.25, 0.3) is 11.1 Å². The first-order valence-electron chi connectivity index (χ1n) is 11.7. The number of aromatic nitrogens is 2. The summed E-state index contributed by atoms with van der Waals surface area (Å²) in [5.41, 5.74) is 15.5. The molecule has 1 aliphatic carbocycles. The number of methoxy groups -OCH3 is 1. The molecule has 0 spiro atoms. The van der Waals surface area contributed by atoms with Crippen molar-refractivity contribution in [3.63, 3.8) is 0 Å². The van der Waals surface area contributed by atoms with Gasteiger partial charge in [0.1, 0.15) is 17.6 Å². The van der Waals surface area contributed by atoms with Crippen LogP contribution in [-0.2, 0) is 9.53 Å². The third kappa shape index (κ3) is 5.58. The number of carbonyl (C=O) groups excluding carboxylic acids is 1. The number of nitrogens with zero attached hydrogens (tertiary/aromatic N) is 3. The van der Waals surface area contributed by atoms with Crippen LogP contribution in [0.2, 0.25) is 0 Å². The fraction of sp³-hybridized carbons (Fsp3) is 0.400. The zero-order valence-corrected chi connectivity index (χ0v) is 20.0. The van der Waals surface area contributed by atoms with Gasteiger partial charge in [-0.15, -0.1) is 0 Å². The van der Waals surface area contributed by atoms with Crippen molar-refractivity contribution in [1.29, 1.82) is 5.26 Å². The number of nitrogens with one attached hydrogen (secondary N) is 2. The minimum atomic E-state index is -0.0853. The normalized spacial score (nSPS) is 17.3. The highest BCUT2D eigenvalue weighted by Gasteiger charge is 2.29. The SMILES string of the molecule is COc1c(NC(/C=C(\N)NC(=O)C2CC2)=C(\C)N)cccc1-c1cn(C2CCOCC2)nc1C#N. The van der Waals surface area contributed by atoms with E-state index >= 15 is 0 Å². The van der Waals surface area contributed by atoms with Gasteiger partial charge in [0.05, 0.1) is 24.5 Å². The zero-order valence-electron chi connectivity index (χ0n) is 20.0. The van der Waals surface area contributed by atoms with Crippen LogP contribution in [0, 0.1) is 17.2 Å². The maximum atomic E-state index is 12.0. The van der Waals surface area contributed by atoms with E-state index < -0.39 is 0 Å². The van der Waals surface area contributed by atoms with Gasteiger partial charge < -0.3 is 31.6 Å². The molecule has 0 radical (unpaired) electrons. The van der Waals surface area contributed by atoms with Crippen LogP contribution < -0.4 is 26.8 Å². The van der Waals surface area contributed by atoms with Crippen LogP contribution in [0.1, 0.15) is 44.3 Å². The third-order valence-electron chi connectivity index (χ3n) is 6.12. The molecule has 2 aliphatic rings. The number of nitriles is 1. The zero-order chi connectivity index (χ0) is 24.9. The molecule has 0 atom stereocenters. The number of hydrogen-bond acceptors (Lipinski definition) is 8. The molecular formula is C25H31N7O3. The summed E-state index contributed by atoms with van der Waals surface area (Å²) in [5.74, 6) is 0.685. The Labute approximate surface area is 204 Å². The Bertz CT molecular complexity index is 1190. The first kappa shape index (κ1) is 24.2. The van der Waals surface area contributed by atoms with Gasteiger partial charge in [0.15, 0.2) is 5.69 Å². The number of nitrogens with two attached hydrogens (primary N) is 2. The molecule has 1 saturated carbocycles. The maximum Gasteiger partial charge on any atom is 0.228 e. The molecule has 1 amide bonds. The van der Waals surface area contributed by atoms with Gasteiger partial charge in [-0.05, 0) is 38.7 Å². The molecule has 1 aromatic heterocycles. The molecule has 2 heterocycles. The van der Waals surface area contributed by atoms with Gasteiger partial charge in [-0.3, -0.25) is 9.48 Å². The predicted octanol–water partition coefficient (Wildman–Crippen LogP) is 2.71. The van der Waals surface area contributed by atoms with Gasteiger partial charge in [-0.1, -0.05) is 12.1 Å². The van der Waals surface area contributed by atoms with E-state index in [-0.39, 0.29) is 23.7 Å². The van der Waals surface area contributed by atoms with Gasteiger partial charge >= 0.3 is 0 Å². The van der Waals surface area contributed by atoms with Crippen LogP contribution in [-0.4, -0.2) is 36.0 Å². The highest BCUT2D eigenvalue weighted by molar-refractivity contribution is 5.83. The number of ether oxygens (including phenoxy) is 2. The maximum absolute atomic E-state index is 12.0. The number of hydrogen-bond donors (Lipinski definition) is 4. The molecule has 0 bridgehead atoms. The Balaban J connectivity index is 1.64. The number of rotatable bonds is 8. The summed E-state index contributed by atoms with van der Waals surface area (Å²) in [6.07, 6.45) is 6.95. The second kappa shape index (κ2) is 10.5. The molecule has 4 rings (SSSR count). The number of benzene rings is 1. The number of allylic oxidation sites excluding steroid dienone is 2. The Kier molecular flexibility index (Phi) is 7.27. The van der Waals surface area contributed by atoms with Crippen molar-refractivity contribution in [3.8, 4) is 22.9 Å². The molecule has 1 aromatic carbocycles. The topological polar surface area (TPSA) is 153 Å². The summed E-state index contributed by atoms with van der Waals surface area (Å²) in [7, 11) is 1.57. The van der Waals surface area contributed by atoms with Crippen LogP contribution in [0.15, 0.2) is 47.7 Å². The molecule has 2 aromatic rings. The number of anilines is 1. The Morgan fingerprint density at radius 2 is 2.00 bits per heavy atom. The van der Waals surface area contributed by atoms with Gasteiger partial charge in [-0.25, -0.2) is 0 Å². The van der Waals surface area contributed by atoms with Gasteiger partial charge in [-0.2, -0.15) is 10.4 Å². The van der Waals surface area contributed by atoms with Crippen molar-refractivity contribution >= 4 is 11.6 Å². The Hall–Kier alpha value is -3.97. The van der Waals surface area contributed by atoms with Crippen LogP contribution in [0.3, 0.4) is 0 Å². The second-order valence-corrected chi connectivity index (χ2v) is 8.80. The van der Waals surface area contributed by atoms with Crippen molar-refractivity contribution in [2.75, 3.05) is 25.6 Å². The molecule has 184 valence electrons. The molecule has 10 heteroatoms. The molecule has 1 saturated heterocycles. The van der Waals surface area contributed by atoms with E-state index in [0.717, 1.165) is 31.2 Å². The van der Waals surface area contributed by atoms with Crippen LogP contribution in [0.4, 0.5) is 5.69 Å². The lowest BCUT2D eigenvalue weighted by atomic mass is 10.0. The van der Waals surface area contributed by atoms with Crippen molar-refractivity contribution in [2.45, 2.75) is 38.6 Å². The fourth-order valence-corrected chi connectivity index (χ4v) is 4.05. The predicted molar refractivity (Wildman–Crippen MR) is 132 cm³/mol. The summed E-state index contributed by atoms with van der Waals surface area (Å²) in [6, 6.07) is 7.98. The highest BCUT2D eigenvalue weighted by Crippen LogP contribution is 2.39. The van der Waals surface area contributed by atoms with Crippen LogP contribution in [0.5, 0.6) is 5.75 Å². The van der Waals surface area contributed by atoms with E-state index in [1.807, 2.05) is 29.1 Å². The summed E-state index contributed by atoms with van der Waals surface area (Å²) in [5, 5.41) is 20.3. The van der Waals surface area contributed by atoms with E-state index in [1.54, 1.807) is 20.1 Å². The van der Waals surface area contributed by atoms with Gasteiger partial charge in [0, 0.05) is 48.2 Å². The molecule has 2 fully saturated rings. The average molecular weight is 478 g/mol. The lowest BCUT2D eigenvalue weighted by molar-refractivity contribution is -0.121. The molecule has 10 nitrogen and oxygen atoms in total. The lowest BCUT2D eigenvalue weighted by Gasteiger charge is -2.22. The summed E-state index contributed by atoms with van der Waals surface area (Å²) < 4.78 is 13.1. The fourth-order valence-electron chi connectivity index (χ4n) is 4.05. The highest BCUT2D eigenvalue weighted by atomic mass is 16.5. The minimum absolute atomic E-state index is 0.0365. The van der Waals surface area contributed by atoms with Gasteiger partial charge in [0.2, 0.25) is 5.91 Å². The second-order valence-electron chi connectivity index (χ2n) is 8.80. The summed E-state index contributed by atoms with van der Waals surface area (Å²) in [4.78, 5) is 12.0. The van der Waals surface area contributed by atoms with Crippen molar-refractivity contribution in [3.05, 3.63) is 53.4 Å². The van der Waals surface area contributed by atoms with Gasteiger partial charge in [0.25, 0.3) is 0 Å². The van der Waals surface area contributed by atoms with Crippen LogP contribution >= 0.6 is 0 Å². The largest absolute Gasteiger partial charge is 0.494 e. The lowest BCUT2D eigenvalue weighted by Crippen LogP contribution is -2.29.